The van der Waals surface area contributed by atoms with Crippen molar-refractivity contribution in [3.63, 3.8) is 0 Å². The number of carbonyl (C=O) groups is 1. The lowest BCUT2D eigenvalue weighted by molar-refractivity contribution is 0.112. The quantitative estimate of drug-likeness (QED) is 0.724. The Morgan fingerprint density at radius 1 is 1.21 bits per heavy atom. The van der Waals surface area contributed by atoms with E-state index in [9.17, 15) is 4.79 Å². The molecule has 0 saturated carbocycles. The molecule has 0 heterocycles. The highest BCUT2D eigenvalue weighted by atomic mass is 16.1. The summed E-state index contributed by atoms with van der Waals surface area (Å²) in [7, 11) is 0. The minimum absolute atomic E-state index is 0.525. The molecule has 0 amide bonds. The van der Waals surface area contributed by atoms with Crippen molar-refractivity contribution in [2.45, 2.75) is 32.7 Å². The second kappa shape index (κ2) is 5.43. The SMILES string of the molecule is CCC(CC)Nc1ccc(C=O)cc1. The van der Waals surface area contributed by atoms with Crippen LogP contribution in [0.1, 0.15) is 37.0 Å². The number of hydrogen-bond donors (Lipinski definition) is 1. The molecule has 2 heteroatoms. The van der Waals surface area contributed by atoms with E-state index < -0.39 is 0 Å². The molecule has 0 aliphatic rings. The van der Waals surface area contributed by atoms with Gasteiger partial charge >= 0.3 is 0 Å². The van der Waals surface area contributed by atoms with E-state index in [0.29, 0.717) is 6.04 Å². The van der Waals surface area contributed by atoms with Gasteiger partial charge in [-0.25, -0.2) is 0 Å². The number of benzene rings is 1. The van der Waals surface area contributed by atoms with Gasteiger partial charge in [-0.05, 0) is 37.1 Å². The van der Waals surface area contributed by atoms with E-state index in [0.717, 1.165) is 30.4 Å². The highest BCUT2D eigenvalue weighted by Crippen LogP contribution is 2.12. The third-order valence-corrected chi connectivity index (χ3v) is 2.40. The Hall–Kier alpha value is -1.31. The molecule has 0 aliphatic carbocycles. The van der Waals surface area contributed by atoms with Gasteiger partial charge in [0, 0.05) is 17.3 Å². The Bertz CT molecular complexity index is 275. The molecule has 76 valence electrons. The van der Waals surface area contributed by atoms with Crippen LogP contribution in [0.2, 0.25) is 0 Å². The van der Waals surface area contributed by atoms with E-state index in [1.165, 1.54) is 0 Å². The number of rotatable bonds is 5. The van der Waals surface area contributed by atoms with Crippen molar-refractivity contribution >= 4 is 12.0 Å². The topological polar surface area (TPSA) is 29.1 Å². The van der Waals surface area contributed by atoms with Crippen LogP contribution in [0, 0.1) is 0 Å². The molecular weight excluding hydrogens is 174 g/mol. The lowest BCUT2D eigenvalue weighted by Gasteiger charge is -2.15. The number of hydrogen-bond acceptors (Lipinski definition) is 2. The Morgan fingerprint density at radius 2 is 1.79 bits per heavy atom. The molecule has 0 saturated heterocycles. The minimum atomic E-state index is 0.525. The van der Waals surface area contributed by atoms with E-state index in [-0.39, 0.29) is 0 Å². The first-order chi connectivity index (χ1) is 6.80. The molecule has 1 aromatic rings. The molecule has 0 radical (unpaired) electrons. The summed E-state index contributed by atoms with van der Waals surface area (Å²) in [5.41, 5.74) is 1.81. The summed E-state index contributed by atoms with van der Waals surface area (Å²) in [6.07, 6.45) is 3.10. The largest absolute Gasteiger partial charge is 0.382 e. The van der Waals surface area contributed by atoms with Crippen LogP contribution in [-0.4, -0.2) is 12.3 Å². The monoisotopic (exact) mass is 191 g/mol. The van der Waals surface area contributed by atoms with Gasteiger partial charge in [-0.15, -0.1) is 0 Å². The summed E-state index contributed by atoms with van der Waals surface area (Å²) >= 11 is 0. The maximum absolute atomic E-state index is 10.4. The molecule has 0 aromatic heterocycles. The Labute approximate surface area is 85.3 Å². The fraction of sp³-hybridized carbons (Fsp3) is 0.417. The average Bonchev–Trinajstić information content (AvgIpc) is 2.26. The molecule has 0 bridgehead atoms. The highest BCUT2D eigenvalue weighted by molar-refractivity contribution is 5.75. The normalized spacial score (nSPS) is 10.2. The summed E-state index contributed by atoms with van der Waals surface area (Å²) in [5.74, 6) is 0. The molecule has 0 unspecified atom stereocenters. The van der Waals surface area contributed by atoms with Crippen LogP contribution in [0.25, 0.3) is 0 Å². The average molecular weight is 191 g/mol. The standard InChI is InChI=1S/C12H17NO/c1-3-11(4-2)13-12-7-5-10(9-14)6-8-12/h5-9,11,13H,3-4H2,1-2H3. The lowest BCUT2D eigenvalue weighted by Crippen LogP contribution is -2.16. The molecule has 0 spiro atoms. The highest BCUT2D eigenvalue weighted by Gasteiger charge is 2.01. The first kappa shape index (κ1) is 10.8. The minimum Gasteiger partial charge on any atom is -0.382 e. The van der Waals surface area contributed by atoms with Gasteiger partial charge in [0.1, 0.15) is 6.29 Å². The third kappa shape index (κ3) is 2.87. The Morgan fingerprint density at radius 3 is 2.21 bits per heavy atom. The van der Waals surface area contributed by atoms with Crippen LogP contribution in [0.5, 0.6) is 0 Å². The van der Waals surface area contributed by atoms with Crippen LogP contribution < -0.4 is 5.32 Å². The Kier molecular flexibility index (Phi) is 4.17. The second-order valence-corrected chi connectivity index (χ2v) is 3.40. The maximum atomic E-state index is 10.4. The van der Waals surface area contributed by atoms with Crippen molar-refractivity contribution in [2.75, 3.05) is 5.32 Å². The number of nitrogens with one attached hydrogen (secondary N) is 1. The molecular formula is C12H17NO. The van der Waals surface area contributed by atoms with E-state index in [4.69, 9.17) is 0 Å². The van der Waals surface area contributed by atoms with Crippen molar-refractivity contribution in [1.82, 2.24) is 0 Å². The van der Waals surface area contributed by atoms with E-state index in [1.54, 1.807) is 0 Å². The van der Waals surface area contributed by atoms with Gasteiger partial charge in [0.25, 0.3) is 0 Å². The summed E-state index contributed by atoms with van der Waals surface area (Å²) in [6.45, 7) is 4.34. The molecule has 1 N–H and O–H groups in total. The second-order valence-electron chi connectivity index (χ2n) is 3.40. The molecule has 0 atom stereocenters. The van der Waals surface area contributed by atoms with Crippen LogP contribution in [0.3, 0.4) is 0 Å². The molecule has 2 nitrogen and oxygen atoms in total. The van der Waals surface area contributed by atoms with Crippen molar-refractivity contribution in [3.8, 4) is 0 Å². The smallest absolute Gasteiger partial charge is 0.150 e. The summed E-state index contributed by atoms with van der Waals surface area (Å²) < 4.78 is 0. The van der Waals surface area contributed by atoms with Gasteiger partial charge < -0.3 is 5.32 Å². The fourth-order valence-electron chi connectivity index (χ4n) is 1.39. The fourth-order valence-corrected chi connectivity index (χ4v) is 1.39. The first-order valence-electron chi connectivity index (χ1n) is 5.12. The van der Waals surface area contributed by atoms with Gasteiger partial charge in [-0.2, -0.15) is 0 Å². The van der Waals surface area contributed by atoms with Gasteiger partial charge in [-0.3, -0.25) is 4.79 Å². The summed E-state index contributed by atoms with van der Waals surface area (Å²) in [5, 5.41) is 3.41. The van der Waals surface area contributed by atoms with Crippen molar-refractivity contribution in [3.05, 3.63) is 29.8 Å². The first-order valence-corrected chi connectivity index (χ1v) is 5.12. The molecule has 1 aromatic carbocycles. The van der Waals surface area contributed by atoms with Gasteiger partial charge in [0.05, 0.1) is 0 Å². The van der Waals surface area contributed by atoms with Crippen LogP contribution in [-0.2, 0) is 0 Å². The zero-order valence-corrected chi connectivity index (χ0v) is 8.79. The van der Waals surface area contributed by atoms with Gasteiger partial charge in [0.2, 0.25) is 0 Å². The molecule has 1 rings (SSSR count). The van der Waals surface area contributed by atoms with E-state index in [2.05, 4.69) is 19.2 Å². The number of aldehydes is 1. The van der Waals surface area contributed by atoms with E-state index >= 15 is 0 Å². The van der Waals surface area contributed by atoms with E-state index in [1.807, 2.05) is 24.3 Å². The predicted molar refractivity (Wildman–Crippen MR) is 59.8 cm³/mol. The third-order valence-electron chi connectivity index (χ3n) is 2.40. The van der Waals surface area contributed by atoms with Crippen molar-refractivity contribution in [2.24, 2.45) is 0 Å². The maximum Gasteiger partial charge on any atom is 0.150 e. The molecule has 14 heavy (non-hydrogen) atoms. The number of anilines is 1. The molecule has 0 aliphatic heterocycles. The van der Waals surface area contributed by atoms with Crippen molar-refractivity contribution < 1.29 is 4.79 Å². The van der Waals surface area contributed by atoms with Crippen LogP contribution >= 0.6 is 0 Å². The summed E-state index contributed by atoms with van der Waals surface area (Å²) in [4.78, 5) is 10.4. The zero-order chi connectivity index (χ0) is 10.4. The predicted octanol–water partition coefficient (Wildman–Crippen LogP) is 3.10. The lowest BCUT2D eigenvalue weighted by atomic mass is 10.1. The van der Waals surface area contributed by atoms with Gasteiger partial charge in [0.15, 0.2) is 0 Å². The van der Waals surface area contributed by atoms with Crippen LogP contribution in [0.4, 0.5) is 5.69 Å². The molecule has 0 fully saturated rings. The van der Waals surface area contributed by atoms with Gasteiger partial charge in [-0.1, -0.05) is 13.8 Å². The van der Waals surface area contributed by atoms with Crippen LogP contribution in [0.15, 0.2) is 24.3 Å². The Balaban J connectivity index is 2.63. The number of carbonyl (C=O) groups excluding carboxylic acids is 1. The zero-order valence-electron chi connectivity index (χ0n) is 8.79. The summed E-state index contributed by atoms with van der Waals surface area (Å²) in [6, 6.07) is 8.08. The van der Waals surface area contributed by atoms with Crippen molar-refractivity contribution in [1.29, 1.82) is 0 Å².